The van der Waals surface area contributed by atoms with E-state index in [1.165, 1.54) is 19.2 Å². The van der Waals surface area contributed by atoms with Crippen molar-refractivity contribution in [3.05, 3.63) is 59.5 Å². The number of carbonyl (C=O) groups is 2. The van der Waals surface area contributed by atoms with E-state index >= 15 is 0 Å². The Balaban J connectivity index is 1.42. The number of hydrogen-bond acceptors (Lipinski definition) is 5. The van der Waals surface area contributed by atoms with Crippen LogP contribution in [-0.4, -0.2) is 61.6 Å². The van der Waals surface area contributed by atoms with Gasteiger partial charge < -0.3 is 19.9 Å². The van der Waals surface area contributed by atoms with Crippen molar-refractivity contribution in [1.29, 1.82) is 0 Å². The monoisotopic (exact) mass is 424 g/mol. The molecule has 1 fully saturated rings. The summed E-state index contributed by atoms with van der Waals surface area (Å²) in [6.07, 6.45) is 0. The summed E-state index contributed by atoms with van der Waals surface area (Å²) < 4.78 is 18.0. The minimum Gasteiger partial charge on any atom is -0.464 e. The molecule has 4 rings (SSSR count). The number of nitrogens with zero attached hydrogens (tertiary/aromatic N) is 2. The minimum absolute atomic E-state index is 0.193. The van der Waals surface area contributed by atoms with Gasteiger partial charge in [0, 0.05) is 42.8 Å². The van der Waals surface area contributed by atoms with Gasteiger partial charge in [0.25, 0.3) is 0 Å². The lowest BCUT2D eigenvalue weighted by Gasteiger charge is -2.35. The summed E-state index contributed by atoms with van der Waals surface area (Å²) in [5.74, 6) is -0.975. The fraction of sp³-hybridized carbons (Fsp3) is 0.304. The Bertz CT molecular complexity index is 1100. The van der Waals surface area contributed by atoms with Crippen LogP contribution in [0.15, 0.2) is 42.5 Å². The quantitative estimate of drug-likeness (QED) is 0.616. The van der Waals surface area contributed by atoms with Crippen LogP contribution >= 0.6 is 0 Å². The highest BCUT2D eigenvalue weighted by molar-refractivity contribution is 6.11. The Morgan fingerprint density at radius 1 is 1.10 bits per heavy atom. The van der Waals surface area contributed by atoms with E-state index in [0.29, 0.717) is 18.8 Å². The summed E-state index contributed by atoms with van der Waals surface area (Å²) in [6, 6.07) is 12.2. The van der Waals surface area contributed by atoms with Gasteiger partial charge in [0.15, 0.2) is 0 Å². The molecule has 0 saturated carbocycles. The predicted octanol–water partition coefficient (Wildman–Crippen LogP) is 3.16. The first-order chi connectivity index (χ1) is 14.9. The molecule has 0 bridgehead atoms. The number of hydrogen-bond donors (Lipinski definition) is 2. The standard InChI is InChI=1S/C23H25FN4O3/c1-15-3-8-18-19(13-15)25-22(23(30)31-2)21(18)26-20(29)14-27-9-11-28(12-10-27)17-6-4-16(24)5-7-17/h3-8,13,25H,9-12,14H2,1-2H3,(H,26,29). The van der Waals surface area contributed by atoms with E-state index in [4.69, 9.17) is 4.74 Å². The van der Waals surface area contributed by atoms with E-state index in [-0.39, 0.29) is 24.0 Å². The van der Waals surface area contributed by atoms with E-state index in [1.54, 1.807) is 12.1 Å². The second-order valence-electron chi connectivity index (χ2n) is 7.70. The molecule has 1 aromatic heterocycles. The molecule has 2 N–H and O–H groups in total. The van der Waals surface area contributed by atoms with E-state index in [2.05, 4.69) is 20.1 Å². The molecule has 8 heteroatoms. The van der Waals surface area contributed by atoms with Gasteiger partial charge in [0.1, 0.15) is 11.5 Å². The lowest BCUT2D eigenvalue weighted by Crippen LogP contribution is -2.48. The molecule has 1 aliphatic rings. The van der Waals surface area contributed by atoms with Crippen molar-refractivity contribution in [2.75, 3.05) is 50.1 Å². The van der Waals surface area contributed by atoms with Crippen LogP contribution in [0.3, 0.4) is 0 Å². The maximum absolute atomic E-state index is 13.1. The number of halogens is 1. The summed E-state index contributed by atoms with van der Waals surface area (Å²) in [4.78, 5) is 32.3. The fourth-order valence-electron chi connectivity index (χ4n) is 3.89. The molecule has 3 aromatic rings. The van der Waals surface area contributed by atoms with Gasteiger partial charge >= 0.3 is 5.97 Å². The highest BCUT2D eigenvalue weighted by Gasteiger charge is 2.23. The number of fused-ring (bicyclic) bond motifs is 1. The zero-order chi connectivity index (χ0) is 22.0. The predicted molar refractivity (Wildman–Crippen MR) is 118 cm³/mol. The third-order valence-electron chi connectivity index (χ3n) is 5.54. The van der Waals surface area contributed by atoms with Crippen LogP contribution in [0.4, 0.5) is 15.8 Å². The van der Waals surface area contributed by atoms with Crippen molar-refractivity contribution in [3.63, 3.8) is 0 Å². The van der Waals surface area contributed by atoms with E-state index < -0.39 is 5.97 Å². The molecule has 0 unspecified atom stereocenters. The molecule has 0 radical (unpaired) electrons. The molecule has 31 heavy (non-hydrogen) atoms. The lowest BCUT2D eigenvalue weighted by molar-refractivity contribution is -0.117. The number of aromatic amines is 1. The molecule has 0 atom stereocenters. The fourth-order valence-corrected chi connectivity index (χ4v) is 3.89. The van der Waals surface area contributed by atoms with Crippen molar-refractivity contribution in [1.82, 2.24) is 9.88 Å². The Kier molecular flexibility index (Phi) is 5.90. The summed E-state index contributed by atoms with van der Waals surface area (Å²) in [5, 5.41) is 3.66. The number of benzene rings is 2. The van der Waals surface area contributed by atoms with Crippen molar-refractivity contribution in [2.45, 2.75) is 6.92 Å². The van der Waals surface area contributed by atoms with Gasteiger partial charge in [-0.15, -0.1) is 0 Å². The maximum atomic E-state index is 13.1. The van der Waals surface area contributed by atoms with Gasteiger partial charge in [-0.05, 0) is 42.8 Å². The number of aromatic nitrogens is 1. The lowest BCUT2D eigenvalue weighted by atomic mass is 10.1. The number of ether oxygens (including phenoxy) is 1. The molecule has 162 valence electrons. The molecule has 0 spiro atoms. The van der Waals surface area contributed by atoms with Crippen LogP contribution in [-0.2, 0) is 9.53 Å². The number of amides is 1. The van der Waals surface area contributed by atoms with Gasteiger partial charge in [-0.1, -0.05) is 12.1 Å². The van der Waals surface area contributed by atoms with Gasteiger partial charge in [0.2, 0.25) is 5.91 Å². The van der Waals surface area contributed by atoms with Crippen molar-refractivity contribution in [2.24, 2.45) is 0 Å². The Labute approximate surface area is 179 Å². The molecule has 1 saturated heterocycles. The number of H-pyrrole nitrogens is 1. The number of rotatable bonds is 5. The van der Waals surface area contributed by atoms with Crippen LogP contribution in [0.25, 0.3) is 10.9 Å². The van der Waals surface area contributed by atoms with E-state index in [1.807, 2.05) is 25.1 Å². The molecule has 0 aliphatic carbocycles. The molecular weight excluding hydrogens is 399 g/mol. The average Bonchev–Trinajstić information content (AvgIpc) is 3.11. The van der Waals surface area contributed by atoms with Crippen molar-refractivity contribution >= 4 is 34.2 Å². The summed E-state index contributed by atoms with van der Waals surface area (Å²) in [7, 11) is 1.31. The van der Waals surface area contributed by atoms with Gasteiger partial charge in [-0.25, -0.2) is 9.18 Å². The normalized spacial score (nSPS) is 14.6. The second kappa shape index (κ2) is 8.77. The van der Waals surface area contributed by atoms with Crippen LogP contribution in [0.2, 0.25) is 0 Å². The average molecular weight is 424 g/mol. The third kappa shape index (κ3) is 4.54. The SMILES string of the molecule is COC(=O)c1[nH]c2cc(C)ccc2c1NC(=O)CN1CCN(c2ccc(F)cc2)CC1. The molecule has 2 heterocycles. The number of anilines is 2. The first-order valence-corrected chi connectivity index (χ1v) is 10.2. The first kappa shape index (κ1) is 20.9. The van der Waals surface area contributed by atoms with E-state index in [9.17, 15) is 14.0 Å². The van der Waals surface area contributed by atoms with Crippen LogP contribution in [0.5, 0.6) is 0 Å². The zero-order valence-electron chi connectivity index (χ0n) is 17.6. The molecule has 1 amide bonds. The largest absolute Gasteiger partial charge is 0.464 e. The first-order valence-electron chi connectivity index (χ1n) is 10.2. The molecule has 1 aliphatic heterocycles. The van der Waals surface area contributed by atoms with Gasteiger partial charge in [-0.3, -0.25) is 9.69 Å². The molecular formula is C23H25FN4O3. The van der Waals surface area contributed by atoms with Crippen molar-refractivity contribution in [3.8, 4) is 0 Å². The smallest absolute Gasteiger partial charge is 0.356 e. The second-order valence-corrected chi connectivity index (χ2v) is 7.70. The summed E-state index contributed by atoms with van der Waals surface area (Å²) >= 11 is 0. The highest BCUT2D eigenvalue weighted by atomic mass is 19.1. The number of nitrogens with one attached hydrogen (secondary N) is 2. The third-order valence-corrected chi connectivity index (χ3v) is 5.54. The highest BCUT2D eigenvalue weighted by Crippen LogP contribution is 2.29. The maximum Gasteiger partial charge on any atom is 0.356 e. The summed E-state index contributed by atoms with van der Waals surface area (Å²) in [5.41, 5.74) is 3.46. The molecule has 2 aromatic carbocycles. The number of aryl methyl sites for hydroxylation is 1. The van der Waals surface area contributed by atoms with Gasteiger partial charge in [-0.2, -0.15) is 0 Å². The van der Waals surface area contributed by atoms with Crippen LogP contribution in [0.1, 0.15) is 16.1 Å². The van der Waals surface area contributed by atoms with Crippen LogP contribution in [0, 0.1) is 12.7 Å². The summed E-state index contributed by atoms with van der Waals surface area (Å²) in [6.45, 7) is 5.10. The van der Waals surface area contributed by atoms with Gasteiger partial charge in [0.05, 0.1) is 19.3 Å². The van der Waals surface area contributed by atoms with Crippen molar-refractivity contribution < 1.29 is 18.7 Å². The number of methoxy groups -OCH3 is 1. The molecule has 7 nitrogen and oxygen atoms in total. The van der Waals surface area contributed by atoms with E-state index in [0.717, 1.165) is 35.2 Å². The number of carbonyl (C=O) groups excluding carboxylic acids is 2. The number of esters is 1. The zero-order valence-corrected chi connectivity index (χ0v) is 17.6. The Morgan fingerprint density at radius 3 is 2.48 bits per heavy atom. The number of piperazine rings is 1. The Hall–Kier alpha value is -3.39. The topological polar surface area (TPSA) is 77.7 Å². The van der Waals surface area contributed by atoms with Crippen LogP contribution < -0.4 is 10.2 Å². The minimum atomic E-state index is -0.530. The Morgan fingerprint density at radius 2 is 1.81 bits per heavy atom.